The van der Waals surface area contributed by atoms with Crippen LogP contribution in [0.2, 0.25) is 0 Å². The standard InChI is InChI=1S/C14H19NO3/c1-14(2,3)18-13(17)15-10-8-7-9-5-4-6-11(16)12(9)10/h4-6,10,16H,7-8H2,1-3H3,(H,15,17). The number of nitrogens with one attached hydrogen (secondary N) is 1. The van der Waals surface area contributed by atoms with E-state index in [1.54, 1.807) is 6.07 Å². The van der Waals surface area contributed by atoms with Crippen molar-refractivity contribution in [3.05, 3.63) is 29.3 Å². The van der Waals surface area contributed by atoms with Gasteiger partial charge in [0, 0.05) is 5.56 Å². The number of hydrogen-bond acceptors (Lipinski definition) is 3. The first-order valence-corrected chi connectivity index (χ1v) is 6.17. The van der Waals surface area contributed by atoms with Gasteiger partial charge in [0.05, 0.1) is 6.04 Å². The maximum absolute atomic E-state index is 11.7. The number of amides is 1. The summed E-state index contributed by atoms with van der Waals surface area (Å²) >= 11 is 0. The van der Waals surface area contributed by atoms with Gasteiger partial charge in [-0.1, -0.05) is 12.1 Å². The third-order valence-corrected chi connectivity index (χ3v) is 2.92. The number of ether oxygens (including phenoxy) is 1. The van der Waals surface area contributed by atoms with Crippen LogP contribution in [-0.2, 0) is 11.2 Å². The number of carbonyl (C=O) groups is 1. The number of rotatable bonds is 1. The van der Waals surface area contributed by atoms with Gasteiger partial charge in [0.25, 0.3) is 0 Å². The first-order valence-electron chi connectivity index (χ1n) is 6.17. The molecule has 0 saturated heterocycles. The molecule has 0 aliphatic heterocycles. The summed E-state index contributed by atoms with van der Waals surface area (Å²) in [5.74, 6) is 0.242. The predicted octanol–water partition coefficient (Wildman–Crippen LogP) is 2.90. The van der Waals surface area contributed by atoms with Gasteiger partial charge in [-0.2, -0.15) is 0 Å². The van der Waals surface area contributed by atoms with Gasteiger partial charge in [-0.15, -0.1) is 0 Å². The van der Waals surface area contributed by atoms with E-state index in [0.29, 0.717) is 0 Å². The van der Waals surface area contributed by atoms with Gasteiger partial charge in [0.15, 0.2) is 0 Å². The maximum atomic E-state index is 11.7. The fourth-order valence-corrected chi connectivity index (χ4v) is 2.26. The Balaban J connectivity index is 2.08. The Morgan fingerprint density at radius 3 is 2.83 bits per heavy atom. The van der Waals surface area contributed by atoms with Gasteiger partial charge in [-0.25, -0.2) is 4.79 Å². The van der Waals surface area contributed by atoms with Crippen molar-refractivity contribution in [2.24, 2.45) is 0 Å². The highest BCUT2D eigenvalue weighted by molar-refractivity contribution is 5.69. The molecule has 0 fully saturated rings. The molecule has 1 aliphatic carbocycles. The molecule has 0 saturated carbocycles. The molecule has 4 heteroatoms. The SMILES string of the molecule is CC(C)(C)OC(=O)NC1CCc2cccc(O)c21. The maximum Gasteiger partial charge on any atom is 0.408 e. The topological polar surface area (TPSA) is 58.6 Å². The number of hydrogen-bond donors (Lipinski definition) is 2. The summed E-state index contributed by atoms with van der Waals surface area (Å²) in [7, 11) is 0. The summed E-state index contributed by atoms with van der Waals surface area (Å²) in [4.78, 5) is 11.7. The molecule has 4 nitrogen and oxygen atoms in total. The van der Waals surface area contributed by atoms with Crippen LogP contribution < -0.4 is 5.32 Å². The van der Waals surface area contributed by atoms with Crippen LogP contribution in [0.3, 0.4) is 0 Å². The zero-order valence-electron chi connectivity index (χ0n) is 11.0. The summed E-state index contributed by atoms with van der Waals surface area (Å²) in [6.45, 7) is 5.48. The summed E-state index contributed by atoms with van der Waals surface area (Å²) in [5.41, 5.74) is 1.41. The monoisotopic (exact) mass is 249 g/mol. The lowest BCUT2D eigenvalue weighted by Crippen LogP contribution is -2.34. The molecule has 1 aromatic rings. The number of carbonyl (C=O) groups excluding carboxylic acids is 1. The van der Waals surface area contributed by atoms with Crippen LogP contribution in [0, 0.1) is 0 Å². The third kappa shape index (κ3) is 2.75. The van der Waals surface area contributed by atoms with Crippen molar-refractivity contribution in [2.75, 3.05) is 0 Å². The first kappa shape index (κ1) is 12.7. The second kappa shape index (κ2) is 4.52. The van der Waals surface area contributed by atoms with E-state index >= 15 is 0 Å². The lowest BCUT2D eigenvalue weighted by atomic mass is 10.1. The van der Waals surface area contributed by atoms with E-state index in [2.05, 4.69) is 5.32 Å². The van der Waals surface area contributed by atoms with Crippen molar-refractivity contribution in [3.8, 4) is 5.75 Å². The molecule has 1 atom stereocenters. The van der Waals surface area contributed by atoms with Gasteiger partial charge in [0.1, 0.15) is 11.4 Å². The molecule has 18 heavy (non-hydrogen) atoms. The van der Waals surface area contributed by atoms with E-state index in [4.69, 9.17) is 4.74 Å². The number of aromatic hydroxyl groups is 1. The van der Waals surface area contributed by atoms with E-state index in [0.717, 1.165) is 24.0 Å². The largest absolute Gasteiger partial charge is 0.508 e. The minimum atomic E-state index is -0.510. The lowest BCUT2D eigenvalue weighted by molar-refractivity contribution is 0.0503. The minimum absolute atomic E-state index is 0.156. The summed E-state index contributed by atoms with van der Waals surface area (Å²) in [6, 6.07) is 5.29. The van der Waals surface area contributed by atoms with E-state index in [9.17, 15) is 9.90 Å². The van der Waals surface area contributed by atoms with Crippen LogP contribution in [-0.4, -0.2) is 16.8 Å². The van der Waals surface area contributed by atoms with Gasteiger partial charge in [-0.3, -0.25) is 0 Å². The van der Waals surface area contributed by atoms with Crippen molar-refractivity contribution in [1.82, 2.24) is 5.32 Å². The van der Waals surface area contributed by atoms with Gasteiger partial charge in [-0.05, 0) is 45.2 Å². The zero-order valence-corrected chi connectivity index (χ0v) is 11.0. The second-order valence-corrected chi connectivity index (χ2v) is 5.59. The molecule has 0 bridgehead atoms. The smallest absolute Gasteiger partial charge is 0.408 e. The highest BCUT2D eigenvalue weighted by Crippen LogP contribution is 2.37. The van der Waals surface area contributed by atoms with Crippen molar-refractivity contribution < 1.29 is 14.6 Å². The van der Waals surface area contributed by atoms with Crippen LogP contribution in [0.4, 0.5) is 4.79 Å². The van der Waals surface area contributed by atoms with Gasteiger partial charge < -0.3 is 15.2 Å². The third-order valence-electron chi connectivity index (χ3n) is 2.92. The Kier molecular flexibility index (Phi) is 3.20. The number of alkyl carbamates (subject to hydrolysis) is 1. The number of phenolic OH excluding ortho intramolecular Hbond substituents is 1. The van der Waals surface area contributed by atoms with E-state index in [-0.39, 0.29) is 11.8 Å². The Labute approximate surface area is 107 Å². The number of phenols is 1. The number of aryl methyl sites for hydroxylation is 1. The molecule has 98 valence electrons. The Bertz CT molecular complexity index is 463. The van der Waals surface area contributed by atoms with Crippen molar-refractivity contribution >= 4 is 6.09 Å². The highest BCUT2D eigenvalue weighted by Gasteiger charge is 2.28. The van der Waals surface area contributed by atoms with E-state index in [1.165, 1.54) is 0 Å². The van der Waals surface area contributed by atoms with Crippen LogP contribution in [0.25, 0.3) is 0 Å². The zero-order chi connectivity index (χ0) is 13.3. The van der Waals surface area contributed by atoms with Crippen LogP contribution >= 0.6 is 0 Å². The molecule has 1 aliphatic rings. The average Bonchev–Trinajstić information content (AvgIpc) is 2.59. The minimum Gasteiger partial charge on any atom is -0.508 e. The van der Waals surface area contributed by atoms with E-state index < -0.39 is 11.7 Å². The molecule has 2 rings (SSSR count). The molecule has 1 aromatic carbocycles. The van der Waals surface area contributed by atoms with Crippen LogP contribution in [0.5, 0.6) is 5.75 Å². The average molecular weight is 249 g/mol. The molecular weight excluding hydrogens is 230 g/mol. The Morgan fingerprint density at radius 1 is 1.44 bits per heavy atom. The first-order chi connectivity index (χ1) is 8.37. The molecule has 0 spiro atoms. The van der Waals surface area contributed by atoms with Crippen molar-refractivity contribution in [2.45, 2.75) is 45.3 Å². The molecule has 0 radical (unpaired) electrons. The fourth-order valence-electron chi connectivity index (χ4n) is 2.26. The molecular formula is C14H19NO3. The van der Waals surface area contributed by atoms with E-state index in [1.807, 2.05) is 32.9 Å². The molecule has 0 aromatic heterocycles. The van der Waals surface area contributed by atoms with Crippen LogP contribution in [0.15, 0.2) is 18.2 Å². The summed E-state index contributed by atoms with van der Waals surface area (Å²) in [5, 5.41) is 12.7. The lowest BCUT2D eigenvalue weighted by Gasteiger charge is -2.22. The van der Waals surface area contributed by atoms with Crippen LogP contribution in [0.1, 0.15) is 44.4 Å². The molecule has 1 unspecified atom stereocenters. The second-order valence-electron chi connectivity index (χ2n) is 5.59. The van der Waals surface area contributed by atoms with Crippen molar-refractivity contribution in [1.29, 1.82) is 0 Å². The summed E-state index contributed by atoms with van der Waals surface area (Å²) in [6.07, 6.45) is 1.22. The Hall–Kier alpha value is -1.71. The fraction of sp³-hybridized carbons (Fsp3) is 0.500. The summed E-state index contributed by atoms with van der Waals surface area (Å²) < 4.78 is 5.22. The van der Waals surface area contributed by atoms with Gasteiger partial charge in [0.2, 0.25) is 0 Å². The normalized spacial score (nSPS) is 18.3. The molecule has 2 N–H and O–H groups in total. The quantitative estimate of drug-likeness (QED) is 0.804. The Morgan fingerprint density at radius 2 is 2.17 bits per heavy atom. The predicted molar refractivity (Wildman–Crippen MR) is 68.5 cm³/mol. The molecule has 0 heterocycles. The van der Waals surface area contributed by atoms with Crippen molar-refractivity contribution in [3.63, 3.8) is 0 Å². The number of benzene rings is 1. The molecule has 1 amide bonds. The highest BCUT2D eigenvalue weighted by atomic mass is 16.6. The van der Waals surface area contributed by atoms with Gasteiger partial charge >= 0.3 is 6.09 Å². The number of fused-ring (bicyclic) bond motifs is 1.